The van der Waals surface area contributed by atoms with Crippen LogP contribution in [0.4, 0.5) is 0 Å². The largest absolute Gasteiger partial charge is 0.493 e. The first-order valence-electron chi connectivity index (χ1n) is 10.7. The van der Waals surface area contributed by atoms with Crippen LogP contribution >= 0.6 is 24.0 Å². The summed E-state index contributed by atoms with van der Waals surface area (Å²) >= 11 is 0. The lowest BCUT2D eigenvalue weighted by molar-refractivity contribution is -0.0835. The zero-order valence-corrected chi connectivity index (χ0v) is 21.7. The van der Waals surface area contributed by atoms with Gasteiger partial charge in [0.15, 0.2) is 17.5 Å². The molecule has 1 fully saturated rings. The third-order valence-electron chi connectivity index (χ3n) is 5.20. The number of ether oxygens (including phenoxy) is 3. The molecule has 0 aliphatic carbocycles. The molecule has 0 amide bonds. The van der Waals surface area contributed by atoms with E-state index in [-0.39, 0.29) is 35.5 Å². The number of methoxy groups -OCH3 is 1. The second-order valence-electron chi connectivity index (χ2n) is 8.70. The van der Waals surface area contributed by atoms with Crippen LogP contribution in [-0.2, 0) is 11.3 Å². The number of benzene rings is 1. The summed E-state index contributed by atoms with van der Waals surface area (Å²) in [6.07, 6.45) is 3.54. The highest BCUT2D eigenvalue weighted by Gasteiger charge is 2.35. The van der Waals surface area contributed by atoms with Crippen LogP contribution in [0.1, 0.15) is 52.5 Å². The predicted molar refractivity (Wildman–Crippen MR) is 134 cm³/mol. The molecule has 1 saturated heterocycles. The van der Waals surface area contributed by atoms with Gasteiger partial charge in [-0.2, -0.15) is 0 Å². The summed E-state index contributed by atoms with van der Waals surface area (Å²) in [6.45, 7) is 11.9. The number of halogens is 1. The zero-order chi connectivity index (χ0) is 21.3. The normalized spacial score (nSPS) is 19.6. The van der Waals surface area contributed by atoms with Crippen LogP contribution < -0.4 is 20.1 Å². The van der Waals surface area contributed by atoms with E-state index in [2.05, 4.69) is 49.4 Å². The van der Waals surface area contributed by atoms with Crippen LogP contribution in [-0.4, -0.2) is 46.0 Å². The lowest BCUT2D eigenvalue weighted by atomic mass is 9.78. The van der Waals surface area contributed by atoms with E-state index >= 15 is 0 Å². The summed E-state index contributed by atoms with van der Waals surface area (Å²) in [5.41, 5.74) is 1.25. The summed E-state index contributed by atoms with van der Waals surface area (Å²) < 4.78 is 17.3. The van der Waals surface area contributed by atoms with Crippen molar-refractivity contribution >= 4 is 29.9 Å². The van der Waals surface area contributed by atoms with Crippen molar-refractivity contribution < 1.29 is 14.2 Å². The maximum absolute atomic E-state index is 6.09. The van der Waals surface area contributed by atoms with Crippen molar-refractivity contribution in [1.82, 2.24) is 10.6 Å². The Balaban J connectivity index is 0.00000450. The van der Waals surface area contributed by atoms with Gasteiger partial charge in [-0.3, -0.25) is 4.99 Å². The zero-order valence-electron chi connectivity index (χ0n) is 19.4. The molecule has 0 bridgehead atoms. The lowest BCUT2D eigenvalue weighted by Gasteiger charge is -2.40. The van der Waals surface area contributed by atoms with Gasteiger partial charge in [-0.1, -0.05) is 33.8 Å². The average Bonchev–Trinajstić information content (AvgIpc) is 2.72. The van der Waals surface area contributed by atoms with Crippen molar-refractivity contribution in [3.8, 4) is 11.5 Å². The summed E-state index contributed by atoms with van der Waals surface area (Å²) in [7, 11) is 3.47. The van der Waals surface area contributed by atoms with Crippen molar-refractivity contribution in [3.05, 3.63) is 23.8 Å². The molecular weight excluding hydrogens is 493 g/mol. The number of rotatable bonds is 8. The third kappa shape index (κ3) is 8.13. The highest BCUT2D eigenvalue weighted by atomic mass is 127. The van der Waals surface area contributed by atoms with E-state index in [1.165, 1.54) is 6.42 Å². The summed E-state index contributed by atoms with van der Waals surface area (Å²) in [6, 6.07) is 6.03. The molecule has 2 unspecified atom stereocenters. The number of nitrogens with one attached hydrogen (secondary N) is 2. The van der Waals surface area contributed by atoms with Crippen molar-refractivity contribution in [2.45, 2.75) is 59.6 Å². The number of hydrogen-bond donors (Lipinski definition) is 2. The standard InChI is InChI=1S/C23H39N3O3.HI/c1-7-12-28-19-11-10-17(14-20(19)27-6)15-25-22(24-5)26-16-18-9-8-13-29-21(18)23(2,3)4;/h10-11,14,18,21H,7-9,12-13,15-16H2,1-6H3,(H2,24,25,26);1H. The van der Waals surface area contributed by atoms with Gasteiger partial charge in [0, 0.05) is 32.7 Å². The highest BCUT2D eigenvalue weighted by molar-refractivity contribution is 14.0. The molecule has 1 aromatic rings. The molecule has 0 radical (unpaired) electrons. The van der Waals surface area contributed by atoms with E-state index in [0.29, 0.717) is 19.1 Å². The smallest absolute Gasteiger partial charge is 0.191 e. The predicted octanol–water partition coefficient (Wildman–Crippen LogP) is 4.61. The maximum atomic E-state index is 6.09. The van der Waals surface area contributed by atoms with E-state index < -0.39 is 0 Å². The number of hydrogen-bond acceptors (Lipinski definition) is 4. The van der Waals surface area contributed by atoms with Gasteiger partial charge in [0.05, 0.1) is 19.8 Å². The van der Waals surface area contributed by atoms with Gasteiger partial charge < -0.3 is 24.8 Å². The molecule has 1 aliphatic rings. The Morgan fingerprint density at radius 3 is 2.63 bits per heavy atom. The molecule has 0 saturated carbocycles. The molecule has 6 nitrogen and oxygen atoms in total. The third-order valence-corrected chi connectivity index (χ3v) is 5.20. The fourth-order valence-corrected chi connectivity index (χ4v) is 3.80. The van der Waals surface area contributed by atoms with Gasteiger partial charge in [0.1, 0.15) is 0 Å². The summed E-state index contributed by atoms with van der Waals surface area (Å²) in [5.74, 6) is 2.82. The number of aliphatic imine (C=N–C) groups is 1. The second-order valence-corrected chi connectivity index (χ2v) is 8.70. The second kappa shape index (κ2) is 13.2. The number of guanidine groups is 1. The minimum atomic E-state index is 0. The Morgan fingerprint density at radius 2 is 2.00 bits per heavy atom. The molecule has 30 heavy (non-hydrogen) atoms. The van der Waals surface area contributed by atoms with Crippen LogP contribution in [0.5, 0.6) is 11.5 Å². The molecule has 2 rings (SSSR count). The summed E-state index contributed by atoms with van der Waals surface area (Å²) in [4.78, 5) is 4.37. The highest BCUT2D eigenvalue weighted by Crippen LogP contribution is 2.33. The quantitative estimate of drug-likeness (QED) is 0.291. The van der Waals surface area contributed by atoms with Crippen LogP contribution in [0.2, 0.25) is 0 Å². The van der Waals surface area contributed by atoms with Crippen molar-refractivity contribution in [2.75, 3.05) is 33.9 Å². The maximum Gasteiger partial charge on any atom is 0.191 e. The average molecular weight is 533 g/mol. The van der Waals surface area contributed by atoms with Gasteiger partial charge in [-0.25, -0.2) is 0 Å². The van der Waals surface area contributed by atoms with Gasteiger partial charge in [0.2, 0.25) is 0 Å². The van der Waals surface area contributed by atoms with Crippen molar-refractivity contribution in [3.63, 3.8) is 0 Å². The minimum absolute atomic E-state index is 0. The first kappa shape index (κ1) is 26.8. The van der Waals surface area contributed by atoms with E-state index in [0.717, 1.165) is 49.0 Å². The molecule has 172 valence electrons. The van der Waals surface area contributed by atoms with Gasteiger partial charge >= 0.3 is 0 Å². The monoisotopic (exact) mass is 533 g/mol. The fourth-order valence-electron chi connectivity index (χ4n) is 3.80. The van der Waals surface area contributed by atoms with E-state index in [1.54, 1.807) is 14.2 Å². The topological polar surface area (TPSA) is 64.1 Å². The molecule has 1 aliphatic heterocycles. The van der Waals surface area contributed by atoms with Gasteiger partial charge in [-0.05, 0) is 42.4 Å². The molecule has 1 heterocycles. The molecule has 2 atom stereocenters. The van der Waals surface area contributed by atoms with E-state index in [4.69, 9.17) is 14.2 Å². The van der Waals surface area contributed by atoms with E-state index in [9.17, 15) is 0 Å². The van der Waals surface area contributed by atoms with Crippen LogP contribution in [0, 0.1) is 11.3 Å². The SMILES string of the molecule is CCCOc1ccc(CNC(=NC)NCC2CCCOC2C(C)(C)C)cc1OC.I. The van der Waals surface area contributed by atoms with Crippen molar-refractivity contribution in [2.24, 2.45) is 16.3 Å². The molecule has 0 aromatic heterocycles. The first-order valence-corrected chi connectivity index (χ1v) is 10.7. The van der Waals surface area contributed by atoms with Gasteiger partial charge in [-0.15, -0.1) is 24.0 Å². The van der Waals surface area contributed by atoms with Crippen LogP contribution in [0.25, 0.3) is 0 Å². The molecule has 2 N–H and O–H groups in total. The van der Waals surface area contributed by atoms with E-state index in [1.807, 2.05) is 12.1 Å². The van der Waals surface area contributed by atoms with Crippen molar-refractivity contribution in [1.29, 1.82) is 0 Å². The Hall–Kier alpha value is -1.22. The lowest BCUT2D eigenvalue weighted by Crippen LogP contribution is -2.47. The Morgan fingerprint density at radius 1 is 1.23 bits per heavy atom. The molecule has 1 aromatic carbocycles. The molecule has 7 heteroatoms. The molecular formula is C23H40IN3O3. The Labute approximate surface area is 199 Å². The van der Waals surface area contributed by atoms with Gasteiger partial charge in [0.25, 0.3) is 0 Å². The summed E-state index contributed by atoms with van der Waals surface area (Å²) in [5, 5.41) is 6.88. The van der Waals surface area contributed by atoms with Crippen LogP contribution in [0.3, 0.4) is 0 Å². The minimum Gasteiger partial charge on any atom is -0.493 e. The van der Waals surface area contributed by atoms with Crippen LogP contribution in [0.15, 0.2) is 23.2 Å². The Kier molecular flexibility index (Phi) is 11.8. The Bertz CT molecular complexity index is 662. The first-order chi connectivity index (χ1) is 13.9. The fraction of sp³-hybridized carbons (Fsp3) is 0.696. The molecule has 0 spiro atoms. The number of nitrogens with zero attached hydrogens (tertiary/aromatic N) is 1.